The van der Waals surface area contributed by atoms with Crippen LogP contribution in [0, 0.1) is 0 Å². The maximum atomic E-state index is 11.0. The largest absolute Gasteiger partial charge is 0.440 e. The molecule has 0 bridgehead atoms. The van der Waals surface area contributed by atoms with E-state index in [-0.39, 0.29) is 12.3 Å². The first-order valence-electron chi connectivity index (χ1n) is 6.71. The predicted octanol–water partition coefficient (Wildman–Crippen LogP) is 4.14. The highest BCUT2D eigenvalue weighted by Gasteiger charge is 2.17. The number of rotatable bonds is 5. The Bertz CT molecular complexity index is 779. The van der Waals surface area contributed by atoms with Gasteiger partial charge >= 0.3 is 0 Å². The standard InChI is InChI=1S/C16H13ClN2O2S/c17-11-5-3-10(4-6-11)15-12(7-8-14(18)20)21-16(19-15)13-2-1-9-22-13/h1-6,9H,7-8H2,(H2,18,20). The fraction of sp³-hybridized carbons (Fsp3) is 0.125. The van der Waals surface area contributed by atoms with Crippen molar-refractivity contribution in [3.8, 4) is 22.0 Å². The van der Waals surface area contributed by atoms with Gasteiger partial charge in [0, 0.05) is 23.4 Å². The molecule has 0 aliphatic rings. The Hall–Kier alpha value is -2.11. The molecular formula is C16H13ClN2O2S. The lowest BCUT2D eigenvalue weighted by Crippen LogP contribution is -2.11. The zero-order chi connectivity index (χ0) is 15.5. The molecule has 0 radical (unpaired) electrons. The van der Waals surface area contributed by atoms with E-state index in [1.54, 1.807) is 23.5 Å². The number of aromatic nitrogens is 1. The molecule has 0 fully saturated rings. The number of thiophene rings is 1. The second kappa shape index (κ2) is 6.34. The van der Waals surface area contributed by atoms with E-state index in [0.29, 0.717) is 23.1 Å². The quantitative estimate of drug-likeness (QED) is 0.763. The average molecular weight is 333 g/mol. The highest BCUT2D eigenvalue weighted by molar-refractivity contribution is 7.13. The van der Waals surface area contributed by atoms with Crippen molar-refractivity contribution in [3.63, 3.8) is 0 Å². The summed E-state index contributed by atoms with van der Waals surface area (Å²) >= 11 is 7.48. The molecule has 1 aromatic carbocycles. The van der Waals surface area contributed by atoms with Gasteiger partial charge in [0.2, 0.25) is 11.8 Å². The number of nitrogens with two attached hydrogens (primary N) is 1. The van der Waals surface area contributed by atoms with Crippen LogP contribution in [0.2, 0.25) is 5.02 Å². The number of nitrogens with zero attached hydrogens (tertiary/aromatic N) is 1. The zero-order valence-electron chi connectivity index (χ0n) is 11.6. The van der Waals surface area contributed by atoms with Gasteiger partial charge in [-0.2, -0.15) is 0 Å². The molecule has 0 aliphatic heterocycles. The lowest BCUT2D eigenvalue weighted by molar-refractivity contribution is -0.118. The molecule has 2 aromatic heterocycles. The molecule has 112 valence electrons. The first-order chi connectivity index (χ1) is 10.6. The third kappa shape index (κ3) is 3.21. The summed E-state index contributed by atoms with van der Waals surface area (Å²) in [4.78, 5) is 16.6. The topological polar surface area (TPSA) is 69.1 Å². The van der Waals surface area contributed by atoms with Gasteiger partial charge in [-0.05, 0) is 23.6 Å². The Labute approximate surface area is 136 Å². The molecule has 4 nitrogen and oxygen atoms in total. The Balaban J connectivity index is 2.01. The van der Waals surface area contributed by atoms with Gasteiger partial charge in [0.05, 0.1) is 4.88 Å². The molecular weight excluding hydrogens is 320 g/mol. The van der Waals surface area contributed by atoms with Crippen molar-refractivity contribution in [2.75, 3.05) is 0 Å². The summed E-state index contributed by atoms with van der Waals surface area (Å²) in [6.07, 6.45) is 0.644. The summed E-state index contributed by atoms with van der Waals surface area (Å²) in [5.74, 6) is 0.847. The van der Waals surface area contributed by atoms with Crippen molar-refractivity contribution in [2.45, 2.75) is 12.8 Å². The molecule has 0 saturated heterocycles. The van der Waals surface area contributed by atoms with Crippen LogP contribution in [0.1, 0.15) is 12.2 Å². The summed E-state index contributed by atoms with van der Waals surface area (Å²) < 4.78 is 5.85. The first kappa shape index (κ1) is 14.8. The second-order valence-corrected chi connectivity index (χ2v) is 6.13. The third-order valence-corrected chi connectivity index (χ3v) is 4.26. The molecule has 3 rings (SSSR count). The van der Waals surface area contributed by atoms with Crippen molar-refractivity contribution in [2.24, 2.45) is 5.73 Å². The van der Waals surface area contributed by atoms with Gasteiger partial charge in [-0.3, -0.25) is 4.79 Å². The SMILES string of the molecule is NC(=O)CCc1oc(-c2cccs2)nc1-c1ccc(Cl)cc1. The highest BCUT2D eigenvalue weighted by Crippen LogP contribution is 2.32. The number of benzene rings is 1. The molecule has 3 aromatic rings. The van der Waals surface area contributed by atoms with Crippen LogP contribution in [-0.4, -0.2) is 10.9 Å². The van der Waals surface area contributed by atoms with Gasteiger partial charge in [-0.25, -0.2) is 4.98 Å². The molecule has 0 saturated carbocycles. The van der Waals surface area contributed by atoms with Gasteiger partial charge in [-0.1, -0.05) is 29.8 Å². The monoisotopic (exact) mass is 332 g/mol. The fourth-order valence-electron chi connectivity index (χ4n) is 2.10. The van der Waals surface area contributed by atoms with Crippen LogP contribution in [0.3, 0.4) is 0 Å². The molecule has 6 heteroatoms. The van der Waals surface area contributed by atoms with Gasteiger partial charge in [0.25, 0.3) is 0 Å². The number of carbonyl (C=O) groups excluding carboxylic acids is 1. The van der Waals surface area contributed by atoms with E-state index in [0.717, 1.165) is 16.1 Å². The van der Waals surface area contributed by atoms with E-state index < -0.39 is 0 Å². The summed E-state index contributed by atoms with van der Waals surface area (Å²) in [6, 6.07) is 11.2. The van der Waals surface area contributed by atoms with Crippen molar-refractivity contribution in [1.82, 2.24) is 4.98 Å². The molecule has 0 atom stereocenters. The Morgan fingerprint density at radius 2 is 2.05 bits per heavy atom. The van der Waals surface area contributed by atoms with E-state index >= 15 is 0 Å². The molecule has 0 aliphatic carbocycles. The smallest absolute Gasteiger partial charge is 0.237 e. The van der Waals surface area contributed by atoms with Gasteiger partial charge in [-0.15, -0.1) is 11.3 Å². The summed E-state index contributed by atoms with van der Waals surface area (Å²) in [6.45, 7) is 0. The number of hydrogen-bond acceptors (Lipinski definition) is 4. The van der Waals surface area contributed by atoms with Crippen molar-refractivity contribution in [1.29, 1.82) is 0 Å². The Kier molecular flexibility index (Phi) is 4.27. The van der Waals surface area contributed by atoms with Crippen LogP contribution >= 0.6 is 22.9 Å². The minimum atomic E-state index is -0.365. The molecule has 1 amide bonds. The molecule has 22 heavy (non-hydrogen) atoms. The molecule has 2 N–H and O–H groups in total. The second-order valence-electron chi connectivity index (χ2n) is 4.74. The highest BCUT2D eigenvalue weighted by atomic mass is 35.5. The molecule has 0 unspecified atom stereocenters. The Morgan fingerprint density at radius 3 is 2.68 bits per heavy atom. The lowest BCUT2D eigenvalue weighted by atomic mass is 10.1. The van der Waals surface area contributed by atoms with Crippen LogP contribution in [0.25, 0.3) is 22.0 Å². The van der Waals surface area contributed by atoms with Gasteiger partial charge in [0.1, 0.15) is 11.5 Å². The summed E-state index contributed by atoms with van der Waals surface area (Å²) in [5, 5.41) is 2.62. The van der Waals surface area contributed by atoms with Crippen LogP contribution in [-0.2, 0) is 11.2 Å². The fourth-order valence-corrected chi connectivity index (χ4v) is 2.87. The van der Waals surface area contributed by atoms with E-state index in [2.05, 4.69) is 4.98 Å². The normalized spacial score (nSPS) is 10.8. The zero-order valence-corrected chi connectivity index (χ0v) is 13.2. The number of hydrogen-bond donors (Lipinski definition) is 1. The average Bonchev–Trinajstić information content (AvgIpc) is 3.15. The predicted molar refractivity (Wildman–Crippen MR) is 87.8 cm³/mol. The number of halogens is 1. The number of oxazole rings is 1. The van der Waals surface area contributed by atoms with Crippen molar-refractivity contribution >= 4 is 28.8 Å². The molecule has 2 heterocycles. The maximum Gasteiger partial charge on any atom is 0.237 e. The van der Waals surface area contributed by atoms with E-state index in [1.807, 2.05) is 29.6 Å². The maximum absolute atomic E-state index is 11.0. The van der Waals surface area contributed by atoms with Crippen LogP contribution < -0.4 is 5.73 Å². The van der Waals surface area contributed by atoms with Gasteiger partial charge < -0.3 is 10.2 Å². The number of aryl methyl sites for hydroxylation is 1. The minimum absolute atomic E-state index is 0.222. The van der Waals surface area contributed by atoms with Crippen LogP contribution in [0.4, 0.5) is 0 Å². The van der Waals surface area contributed by atoms with Gasteiger partial charge in [0.15, 0.2) is 0 Å². The summed E-state index contributed by atoms with van der Waals surface area (Å²) in [5.41, 5.74) is 6.86. The minimum Gasteiger partial charge on any atom is -0.440 e. The number of amides is 1. The van der Waals surface area contributed by atoms with E-state index in [1.165, 1.54) is 0 Å². The van der Waals surface area contributed by atoms with E-state index in [9.17, 15) is 4.79 Å². The lowest BCUT2D eigenvalue weighted by Gasteiger charge is -2.00. The molecule has 0 spiro atoms. The van der Waals surface area contributed by atoms with Crippen molar-refractivity contribution in [3.05, 3.63) is 52.6 Å². The van der Waals surface area contributed by atoms with Crippen molar-refractivity contribution < 1.29 is 9.21 Å². The van der Waals surface area contributed by atoms with Crippen LogP contribution in [0.5, 0.6) is 0 Å². The summed E-state index contributed by atoms with van der Waals surface area (Å²) in [7, 11) is 0. The Morgan fingerprint density at radius 1 is 1.27 bits per heavy atom. The number of primary amides is 1. The number of carbonyl (C=O) groups is 1. The van der Waals surface area contributed by atoms with E-state index in [4.69, 9.17) is 21.8 Å². The third-order valence-electron chi connectivity index (χ3n) is 3.15. The van der Waals surface area contributed by atoms with Crippen LogP contribution in [0.15, 0.2) is 46.2 Å². The first-order valence-corrected chi connectivity index (χ1v) is 7.97.